The molecule has 0 saturated carbocycles. The van der Waals surface area contributed by atoms with Crippen molar-refractivity contribution >= 4 is 15.8 Å². The van der Waals surface area contributed by atoms with Crippen molar-refractivity contribution in [1.82, 2.24) is 0 Å². The topological polar surface area (TPSA) is 0 Å². The Labute approximate surface area is 259 Å². The first-order chi connectivity index (χ1) is 22.0. The van der Waals surface area contributed by atoms with E-state index in [4.69, 9.17) is 0 Å². The van der Waals surface area contributed by atoms with E-state index >= 15 is 0 Å². The van der Waals surface area contributed by atoms with Gasteiger partial charge in [-0.1, -0.05) is 0 Å². The second-order valence-electron chi connectivity index (χ2n) is 19.4. The van der Waals surface area contributed by atoms with Crippen molar-refractivity contribution < 1.29 is 6.51 Å². The maximum atomic E-state index is 2.57. The zero-order chi connectivity index (χ0) is 28.8. The number of rotatable bonds is 6. The molecule has 4 aromatic carbocycles. The fourth-order valence-electron chi connectivity index (χ4n) is 24.7. The van der Waals surface area contributed by atoms with Gasteiger partial charge in [0, 0.05) is 0 Å². The fraction of sp³-hybridized carbons (Fsp3) is 0.429. The predicted octanol–water partition coefficient (Wildman–Crippen LogP) is 11.6. The maximum absolute atomic E-state index is 3.85. The van der Waals surface area contributed by atoms with Crippen molar-refractivity contribution in [3.8, 4) is 0 Å². The molecule has 0 amide bonds. The number of benzene rings is 4. The summed E-state index contributed by atoms with van der Waals surface area (Å²) in [7, 11) is -0.0760. The van der Waals surface area contributed by atoms with Gasteiger partial charge in [0.15, 0.2) is 0 Å². The first-order valence-corrected chi connectivity index (χ1v) is 27.3. The molecule has 12 aliphatic rings. The molecule has 12 aliphatic heterocycles. The predicted molar refractivity (Wildman–Crippen MR) is 185 cm³/mol. The molecule has 12 fully saturated rings. The molecule has 16 rings (SSSR count). The molecule has 0 aliphatic carbocycles. The van der Waals surface area contributed by atoms with Gasteiger partial charge in [-0.15, -0.1) is 0 Å². The second kappa shape index (κ2) is 3.93. The molecule has 0 bridgehead atoms. The summed E-state index contributed by atoms with van der Waals surface area (Å²) >= 11 is 0. The Kier molecular flexibility index (Phi) is 1.99. The van der Waals surface area contributed by atoms with Gasteiger partial charge < -0.3 is 0 Å². The van der Waals surface area contributed by atoms with Crippen molar-refractivity contribution in [2.45, 2.75) is 82.6 Å². The van der Waals surface area contributed by atoms with Crippen LogP contribution in [-0.2, 0) is 16.8 Å². The van der Waals surface area contributed by atoms with E-state index in [0.29, 0.717) is 10.3 Å². The van der Waals surface area contributed by atoms with Crippen molar-refractivity contribution in [3.05, 3.63) is 144 Å². The fourth-order valence-corrected chi connectivity index (χ4v) is 135. The molecule has 226 valence electrons. The van der Waals surface area contributed by atoms with Crippen molar-refractivity contribution in [1.29, 1.82) is 0 Å². The average molecular weight is 663 g/mol. The summed E-state index contributed by atoms with van der Waals surface area (Å²) in [4.78, 5) is 10.7. The standard InChI is InChI=1S/2C21H20P.Fe/c2*1-3-10-18(11-4-1)21(19-12-5-2-6-13-19)16-9-17-22(21)20-14-7-8-15-20;/h2*1-8,10-15H,9,16-17H2;. The Morgan fingerprint density at radius 1 is 0.422 bits per heavy atom. The van der Waals surface area contributed by atoms with Crippen molar-refractivity contribution in [2.75, 3.05) is 12.3 Å². The van der Waals surface area contributed by atoms with E-state index in [-0.39, 0.29) is 15.8 Å². The van der Waals surface area contributed by atoms with Crippen LogP contribution in [0.5, 0.6) is 0 Å². The third-order valence-corrected chi connectivity index (χ3v) is 82.1. The summed E-state index contributed by atoms with van der Waals surface area (Å²) in [5, 5.41) is 0.630. The van der Waals surface area contributed by atoms with Crippen molar-refractivity contribution in [3.63, 3.8) is 0 Å². The molecular weight excluding hydrogens is 622 g/mol. The normalized spacial score (nSPS) is 62.9. The molecule has 1 spiro atoms. The molecule has 3 heteroatoms. The molecule has 0 radical (unpaired) electrons. The van der Waals surface area contributed by atoms with Gasteiger partial charge in [0.1, 0.15) is 0 Å². The number of hydrogen-bond donors (Lipinski definition) is 0. The zero-order valence-electron chi connectivity index (χ0n) is 25.7. The van der Waals surface area contributed by atoms with Gasteiger partial charge in [-0.25, -0.2) is 0 Å². The summed E-state index contributed by atoms with van der Waals surface area (Å²) in [6.45, 7) is -3.85. The molecule has 10 atom stereocenters. The van der Waals surface area contributed by atoms with E-state index in [1.165, 1.54) is 64.2 Å². The Hall–Kier alpha value is -1.74. The summed E-state index contributed by atoms with van der Waals surface area (Å²) in [5.41, 5.74) is 6.83. The van der Waals surface area contributed by atoms with Crippen LogP contribution < -0.4 is 0 Å². The van der Waals surface area contributed by atoms with E-state index in [9.17, 15) is 0 Å². The molecule has 12 saturated heterocycles. The minimum absolute atomic E-state index is 0.0380. The van der Waals surface area contributed by atoms with Crippen LogP contribution >= 0.6 is 15.8 Å². The zero-order valence-corrected chi connectivity index (χ0v) is 28.5. The Morgan fingerprint density at radius 2 is 0.711 bits per heavy atom. The molecular formula is C42H40FeP2. The number of hydrogen-bond acceptors (Lipinski definition) is 0. The van der Waals surface area contributed by atoms with Gasteiger partial charge in [0.2, 0.25) is 0 Å². The Balaban J connectivity index is 0.980. The van der Waals surface area contributed by atoms with Crippen LogP contribution in [-0.4, -0.2) is 20.4 Å². The first-order valence-electron chi connectivity index (χ1n) is 18.0. The van der Waals surface area contributed by atoms with E-state index in [1.54, 1.807) is 34.6 Å². The summed E-state index contributed by atoms with van der Waals surface area (Å²) in [6.07, 6.45) is 8.96. The van der Waals surface area contributed by atoms with Crippen molar-refractivity contribution in [2.24, 2.45) is 0 Å². The van der Waals surface area contributed by atoms with Gasteiger partial charge in [-0.05, 0) is 0 Å². The van der Waals surface area contributed by atoms with E-state index in [0.717, 1.165) is 8.11 Å². The minimum atomic E-state index is -3.85. The molecule has 0 N–H and O–H groups in total. The van der Waals surface area contributed by atoms with Crippen LogP contribution in [0.2, 0.25) is 38.5 Å². The molecule has 0 nitrogen and oxygen atoms in total. The quantitative estimate of drug-likeness (QED) is 0.142. The van der Waals surface area contributed by atoms with Crippen LogP contribution in [0.1, 0.15) is 47.9 Å². The second-order valence-corrected chi connectivity index (χ2v) is 49.0. The molecule has 4 aromatic rings. The first kappa shape index (κ1) is 22.8. The Morgan fingerprint density at radius 3 is 0.978 bits per heavy atom. The third kappa shape index (κ3) is 0.676. The molecule has 45 heavy (non-hydrogen) atoms. The summed E-state index contributed by atoms with van der Waals surface area (Å²) in [6, 6.07) is 48.7. The van der Waals surface area contributed by atoms with Crippen LogP contribution in [0.25, 0.3) is 0 Å². The van der Waals surface area contributed by atoms with E-state index in [2.05, 4.69) is 121 Å². The van der Waals surface area contributed by atoms with E-state index < -0.39 is 6.51 Å². The Bertz CT molecular complexity index is 2210. The molecule has 10 unspecified atom stereocenters. The molecule has 0 aromatic heterocycles. The van der Waals surface area contributed by atoms with Crippen LogP contribution in [0.15, 0.2) is 121 Å². The number of fused-ring (bicyclic) bond motifs is 10. The van der Waals surface area contributed by atoms with Gasteiger partial charge in [-0.2, -0.15) is 0 Å². The van der Waals surface area contributed by atoms with Gasteiger partial charge >= 0.3 is 261 Å². The van der Waals surface area contributed by atoms with Crippen LogP contribution in [0.4, 0.5) is 0 Å². The van der Waals surface area contributed by atoms with Crippen LogP contribution in [0, 0.1) is 0 Å². The monoisotopic (exact) mass is 662 g/mol. The van der Waals surface area contributed by atoms with Gasteiger partial charge in [-0.3, -0.25) is 0 Å². The van der Waals surface area contributed by atoms with Crippen LogP contribution in [0.3, 0.4) is 0 Å². The summed E-state index contributed by atoms with van der Waals surface area (Å²) in [5.74, 6) is 0. The SMILES string of the molecule is c1ccc(C2(c3ccccc3)CCCP2[C]23[CH]4[CH]5[CH]6[CH]2[Fe]56432789[CH]3[CH]2[CH]7[C]8(P2CCCC2(c2ccccc2)c2ccccc2)[CH]39)cc1. The van der Waals surface area contributed by atoms with E-state index in [1.807, 2.05) is 0 Å². The third-order valence-electron chi connectivity index (χ3n) is 23.3. The molecule has 12 heterocycles. The summed E-state index contributed by atoms with van der Waals surface area (Å²) < 4.78 is 1.85. The average Bonchev–Trinajstić information content (AvgIpc) is 3.94. The van der Waals surface area contributed by atoms with Gasteiger partial charge in [0.05, 0.1) is 0 Å². The van der Waals surface area contributed by atoms with Gasteiger partial charge in [0.25, 0.3) is 0 Å².